The summed E-state index contributed by atoms with van der Waals surface area (Å²) in [6, 6.07) is 3.82. The summed E-state index contributed by atoms with van der Waals surface area (Å²) in [6.45, 7) is 3.22. The van der Waals surface area contributed by atoms with E-state index in [0.717, 1.165) is 17.9 Å². The minimum Gasteiger partial charge on any atom is -0.341 e. The molecule has 0 aromatic carbocycles. The molecular formula is C14H16N4O2S. The van der Waals surface area contributed by atoms with E-state index >= 15 is 0 Å². The Labute approximate surface area is 126 Å². The molecular weight excluding hydrogens is 288 g/mol. The van der Waals surface area contributed by atoms with E-state index in [0.29, 0.717) is 24.0 Å². The molecule has 0 spiro atoms. The summed E-state index contributed by atoms with van der Waals surface area (Å²) in [5.41, 5.74) is 0. The van der Waals surface area contributed by atoms with Gasteiger partial charge in [-0.3, -0.25) is 9.78 Å². The van der Waals surface area contributed by atoms with Gasteiger partial charge in [-0.1, -0.05) is 5.16 Å². The minimum absolute atomic E-state index is 0.149. The smallest absolute Gasteiger partial charge is 0.232 e. The molecule has 3 rings (SSSR count). The predicted octanol–water partition coefficient (Wildman–Crippen LogP) is 1.88. The summed E-state index contributed by atoms with van der Waals surface area (Å²) in [5, 5.41) is 3.81. The molecule has 2 aromatic heterocycles. The minimum atomic E-state index is 0.149. The third-order valence-electron chi connectivity index (χ3n) is 3.45. The zero-order valence-electron chi connectivity index (χ0n) is 11.7. The van der Waals surface area contributed by atoms with Crippen molar-refractivity contribution in [3.63, 3.8) is 0 Å². The Kier molecular flexibility index (Phi) is 4.19. The van der Waals surface area contributed by atoms with Crippen molar-refractivity contribution in [2.45, 2.75) is 24.2 Å². The summed E-state index contributed by atoms with van der Waals surface area (Å²) in [6.07, 6.45) is 4.35. The van der Waals surface area contributed by atoms with Crippen molar-refractivity contribution >= 4 is 17.7 Å². The lowest BCUT2D eigenvalue weighted by Gasteiger charge is -2.15. The van der Waals surface area contributed by atoms with Gasteiger partial charge in [-0.15, -0.1) is 11.8 Å². The first-order valence-corrected chi connectivity index (χ1v) is 7.82. The van der Waals surface area contributed by atoms with Crippen molar-refractivity contribution in [1.82, 2.24) is 20.0 Å². The number of rotatable bonds is 4. The van der Waals surface area contributed by atoms with Gasteiger partial charge in [0.25, 0.3) is 0 Å². The van der Waals surface area contributed by atoms with Gasteiger partial charge in [0, 0.05) is 30.4 Å². The van der Waals surface area contributed by atoms with E-state index in [1.807, 2.05) is 17.0 Å². The predicted molar refractivity (Wildman–Crippen MR) is 77.9 cm³/mol. The van der Waals surface area contributed by atoms with Crippen molar-refractivity contribution in [2.24, 2.45) is 0 Å². The number of hydrogen-bond donors (Lipinski definition) is 0. The molecule has 1 saturated heterocycles. The normalized spacial score (nSPS) is 18.1. The molecule has 1 atom stereocenters. The monoisotopic (exact) mass is 304 g/mol. The maximum atomic E-state index is 12.2. The molecule has 0 unspecified atom stereocenters. The van der Waals surface area contributed by atoms with Crippen molar-refractivity contribution in [2.75, 3.05) is 18.8 Å². The molecule has 0 saturated carbocycles. The molecule has 3 heterocycles. The van der Waals surface area contributed by atoms with E-state index in [1.54, 1.807) is 19.3 Å². The Morgan fingerprint density at radius 1 is 1.48 bits per heavy atom. The molecule has 0 aliphatic carbocycles. The van der Waals surface area contributed by atoms with Crippen LogP contribution in [-0.4, -0.2) is 44.8 Å². The Morgan fingerprint density at radius 2 is 2.29 bits per heavy atom. The third kappa shape index (κ3) is 3.41. The molecule has 6 nitrogen and oxygen atoms in total. The van der Waals surface area contributed by atoms with Crippen molar-refractivity contribution in [3.05, 3.63) is 36.2 Å². The van der Waals surface area contributed by atoms with Crippen molar-refractivity contribution in [3.8, 4) is 0 Å². The maximum Gasteiger partial charge on any atom is 0.232 e. The fourth-order valence-electron chi connectivity index (χ4n) is 2.34. The molecule has 21 heavy (non-hydrogen) atoms. The third-order valence-corrected chi connectivity index (χ3v) is 4.44. The lowest BCUT2D eigenvalue weighted by atomic mass is 10.1. The van der Waals surface area contributed by atoms with Crippen LogP contribution >= 0.6 is 11.8 Å². The Morgan fingerprint density at radius 3 is 3.00 bits per heavy atom. The Balaban J connectivity index is 1.52. The number of aromatic nitrogens is 3. The standard InChI is InChI=1S/C14H16N4O2S/c1-10-16-14(20-17-10)11-4-7-18(8-11)13(19)9-21-12-2-5-15-6-3-12/h2-3,5-6,11H,4,7-9H2,1H3/t11-/m0/s1. The lowest BCUT2D eigenvalue weighted by molar-refractivity contribution is -0.127. The van der Waals surface area contributed by atoms with Crippen molar-refractivity contribution < 1.29 is 9.32 Å². The van der Waals surface area contributed by atoms with Crippen molar-refractivity contribution in [1.29, 1.82) is 0 Å². The fraction of sp³-hybridized carbons (Fsp3) is 0.429. The van der Waals surface area contributed by atoms with Crippen LogP contribution in [0.4, 0.5) is 0 Å². The quantitative estimate of drug-likeness (QED) is 0.803. The summed E-state index contributed by atoms with van der Waals surface area (Å²) in [5.74, 6) is 2.05. The zero-order valence-corrected chi connectivity index (χ0v) is 12.5. The van der Waals surface area contributed by atoms with Crippen LogP contribution in [0.25, 0.3) is 0 Å². The number of aryl methyl sites for hydroxylation is 1. The first-order valence-electron chi connectivity index (χ1n) is 6.83. The molecule has 7 heteroatoms. The molecule has 0 N–H and O–H groups in total. The van der Waals surface area contributed by atoms with Gasteiger partial charge in [-0.05, 0) is 25.5 Å². The van der Waals surface area contributed by atoms with Gasteiger partial charge < -0.3 is 9.42 Å². The second-order valence-corrected chi connectivity index (χ2v) is 6.03. The zero-order chi connectivity index (χ0) is 14.7. The van der Waals surface area contributed by atoms with E-state index in [9.17, 15) is 4.79 Å². The first-order chi connectivity index (χ1) is 10.2. The Bertz CT molecular complexity index is 616. The van der Waals surface area contributed by atoms with Gasteiger partial charge in [-0.25, -0.2) is 0 Å². The average molecular weight is 304 g/mol. The van der Waals surface area contributed by atoms with Gasteiger partial charge in [0.1, 0.15) is 0 Å². The summed E-state index contributed by atoms with van der Waals surface area (Å²) in [4.78, 5) is 23.4. The molecule has 2 aromatic rings. The number of thioether (sulfide) groups is 1. The number of likely N-dealkylation sites (tertiary alicyclic amines) is 1. The number of nitrogens with zero attached hydrogens (tertiary/aromatic N) is 4. The van der Waals surface area contributed by atoms with Gasteiger partial charge >= 0.3 is 0 Å². The molecule has 110 valence electrons. The highest BCUT2D eigenvalue weighted by Gasteiger charge is 2.30. The number of amides is 1. The SMILES string of the molecule is Cc1noc([C@H]2CCN(C(=O)CSc3ccncc3)C2)n1. The number of pyridine rings is 1. The van der Waals surface area contributed by atoms with Crippen LogP contribution in [-0.2, 0) is 4.79 Å². The fourth-order valence-corrected chi connectivity index (χ4v) is 3.13. The number of hydrogen-bond acceptors (Lipinski definition) is 6. The highest BCUT2D eigenvalue weighted by molar-refractivity contribution is 8.00. The van der Waals surface area contributed by atoms with Gasteiger partial charge in [-0.2, -0.15) is 4.98 Å². The van der Waals surface area contributed by atoms with Crippen LogP contribution in [0, 0.1) is 6.92 Å². The van der Waals surface area contributed by atoms with Crippen LogP contribution in [0.1, 0.15) is 24.1 Å². The van der Waals surface area contributed by atoms with Gasteiger partial charge in [0.05, 0.1) is 11.7 Å². The van der Waals surface area contributed by atoms with E-state index in [1.165, 1.54) is 11.8 Å². The molecule has 1 amide bonds. The Hall–Kier alpha value is -1.89. The van der Waals surface area contributed by atoms with Gasteiger partial charge in [0.2, 0.25) is 11.8 Å². The lowest BCUT2D eigenvalue weighted by Crippen LogP contribution is -2.30. The summed E-state index contributed by atoms with van der Waals surface area (Å²) < 4.78 is 5.19. The topological polar surface area (TPSA) is 72.1 Å². The molecule has 0 bridgehead atoms. The molecule has 1 fully saturated rings. The number of carbonyl (C=O) groups is 1. The van der Waals surface area contributed by atoms with E-state index in [2.05, 4.69) is 15.1 Å². The number of carbonyl (C=O) groups excluding carboxylic acids is 1. The van der Waals surface area contributed by atoms with Crippen LogP contribution in [0.15, 0.2) is 33.9 Å². The average Bonchev–Trinajstić information content (AvgIpc) is 3.14. The maximum absolute atomic E-state index is 12.2. The highest BCUT2D eigenvalue weighted by atomic mass is 32.2. The first kappa shape index (κ1) is 14.1. The highest BCUT2D eigenvalue weighted by Crippen LogP contribution is 2.27. The van der Waals surface area contributed by atoms with E-state index in [-0.39, 0.29) is 11.8 Å². The second-order valence-electron chi connectivity index (χ2n) is 4.98. The van der Waals surface area contributed by atoms with Crippen LogP contribution in [0.3, 0.4) is 0 Å². The second kappa shape index (κ2) is 6.26. The van der Waals surface area contributed by atoms with E-state index in [4.69, 9.17) is 4.52 Å². The molecule has 0 radical (unpaired) electrons. The summed E-state index contributed by atoms with van der Waals surface area (Å²) in [7, 11) is 0. The van der Waals surface area contributed by atoms with Crippen LogP contribution in [0.5, 0.6) is 0 Å². The largest absolute Gasteiger partial charge is 0.341 e. The van der Waals surface area contributed by atoms with Gasteiger partial charge in [0.15, 0.2) is 5.82 Å². The molecule has 1 aliphatic rings. The van der Waals surface area contributed by atoms with Crippen LogP contribution < -0.4 is 0 Å². The summed E-state index contributed by atoms with van der Waals surface area (Å²) >= 11 is 1.53. The van der Waals surface area contributed by atoms with E-state index < -0.39 is 0 Å². The van der Waals surface area contributed by atoms with Crippen LogP contribution in [0.2, 0.25) is 0 Å². The molecule has 1 aliphatic heterocycles.